The van der Waals surface area contributed by atoms with Crippen LogP contribution in [0.1, 0.15) is 124 Å². The molecule has 0 aliphatic carbocycles. The maximum atomic E-state index is 13.2. The van der Waals surface area contributed by atoms with Crippen molar-refractivity contribution in [2.45, 2.75) is 137 Å². The molecule has 2 N–H and O–H groups in total. The number of hydrogen-bond donors (Lipinski definition) is 2. The van der Waals surface area contributed by atoms with Crippen molar-refractivity contribution in [3.63, 3.8) is 0 Å². The van der Waals surface area contributed by atoms with Crippen LogP contribution in [0.25, 0.3) is 33.2 Å². The number of hydrogen-bond acceptors (Lipinski definition) is 15. The van der Waals surface area contributed by atoms with Crippen molar-refractivity contribution in [2.75, 3.05) is 26.1 Å². The standard InChI is InChI=1S/C48H60N4O12S/c1-13-32-23(3)35-20-39-41(24(4)36(51-39)18-33-22(2)17-34(49-33)26(6)43-42(47(57)58-12)25(5)37(52-43)19-38(32)50-35)27(7)59-15-14-16-65-48-46(63-31(11)56)45(62-30(10)55)44(61-29(9)54)40(64-48)21-60-28(8)53/h18-20,22,27,40,44-46,48,50-51H,13-17,21H2,1-12H3/t22-,27?,40+,44+,45-,46+,48-/m0/s1. The highest BCUT2D eigenvalue weighted by molar-refractivity contribution is 7.99. The Morgan fingerprint density at radius 2 is 1.46 bits per heavy atom. The van der Waals surface area contributed by atoms with Gasteiger partial charge in [0.15, 0.2) is 18.3 Å². The summed E-state index contributed by atoms with van der Waals surface area (Å²) in [5, 5.41) is 0. The predicted molar refractivity (Wildman–Crippen MR) is 245 cm³/mol. The quantitative estimate of drug-likeness (QED) is 0.0910. The van der Waals surface area contributed by atoms with Crippen molar-refractivity contribution in [1.82, 2.24) is 19.9 Å². The number of aromatic nitrogens is 4. The van der Waals surface area contributed by atoms with Crippen LogP contribution in [0, 0.1) is 20.8 Å². The number of H-pyrrole nitrogens is 2. The number of esters is 5. The van der Waals surface area contributed by atoms with Gasteiger partial charge in [0, 0.05) is 79.2 Å². The van der Waals surface area contributed by atoms with Crippen molar-refractivity contribution in [3.05, 3.63) is 68.8 Å². The van der Waals surface area contributed by atoms with Gasteiger partial charge in [-0.1, -0.05) is 13.8 Å². The predicted octanol–water partition coefficient (Wildman–Crippen LogP) is 7.54. The number of methoxy groups -OCH3 is 1. The smallest absolute Gasteiger partial charge is 0.340 e. The second kappa shape index (κ2) is 20.8. The van der Waals surface area contributed by atoms with E-state index in [0.29, 0.717) is 42.2 Å². The Morgan fingerprint density at radius 3 is 2.11 bits per heavy atom. The number of fused-ring (bicyclic) bond motifs is 8. The van der Waals surface area contributed by atoms with Crippen molar-refractivity contribution in [3.8, 4) is 0 Å². The molecule has 350 valence electrons. The molecule has 16 nitrogen and oxygen atoms in total. The maximum absolute atomic E-state index is 13.2. The minimum Gasteiger partial charge on any atom is -0.465 e. The van der Waals surface area contributed by atoms with E-state index >= 15 is 0 Å². The highest BCUT2D eigenvalue weighted by Crippen LogP contribution is 2.38. The molecular formula is C48H60N4O12S. The molecule has 0 saturated carbocycles. The molecule has 6 rings (SSSR count). The Hall–Kier alpha value is -5.52. The van der Waals surface area contributed by atoms with Crippen LogP contribution in [0.3, 0.4) is 0 Å². The number of nitrogens with zero attached hydrogens (tertiary/aromatic N) is 2. The van der Waals surface area contributed by atoms with E-state index < -0.39 is 59.7 Å². The van der Waals surface area contributed by atoms with E-state index in [1.165, 1.54) is 46.6 Å². The van der Waals surface area contributed by atoms with Gasteiger partial charge in [0.25, 0.3) is 0 Å². The SMILES string of the molecule is CCc1c(C)c2cc3[nH]c(cc4nc(c(C)c5nc(cc1[nH]2)C(C)=C5C(=O)OC)C[C@@H]4C)c(C)c3C(C)OCCCS[C@@H]1O[C@H](COC(C)=O)[C@@H](OC(C)=O)[C@H](OC(C)=O)[C@H]1OC(C)=O. The van der Waals surface area contributed by atoms with Crippen LogP contribution in [-0.2, 0) is 70.0 Å². The number of aromatic amines is 2. The number of nitrogens with one attached hydrogen (secondary N) is 2. The molecule has 65 heavy (non-hydrogen) atoms. The van der Waals surface area contributed by atoms with Gasteiger partial charge in [0.2, 0.25) is 0 Å². The van der Waals surface area contributed by atoms with Crippen LogP contribution in [0.4, 0.5) is 0 Å². The summed E-state index contributed by atoms with van der Waals surface area (Å²) in [6, 6.07) is 6.22. The number of aryl methyl sites for hydroxylation is 3. The second-order valence-corrected chi connectivity index (χ2v) is 17.9. The first-order valence-electron chi connectivity index (χ1n) is 21.9. The number of ether oxygens (including phenoxy) is 7. The zero-order chi connectivity index (χ0) is 47.4. The lowest BCUT2D eigenvalue weighted by atomic mass is 9.99. The van der Waals surface area contributed by atoms with Crippen LogP contribution in [0.2, 0.25) is 0 Å². The summed E-state index contributed by atoms with van der Waals surface area (Å²) in [4.78, 5) is 79.2. The van der Waals surface area contributed by atoms with Gasteiger partial charge in [-0.15, -0.1) is 11.8 Å². The molecule has 0 spiro atoms. The molecule has 6 heterocycles. The molecule has 1 fully saturated rings. The van der Waals surface area contributed by atoms with Gasteiger partial charge >= 0.3 is 29.8 Å². The maximum Gasteiger partial charge on any atom is 0.340 e. The van der Waals surface area contributed by atoms with Gasteiger partial charge in [0.1, 0.15) is 18.1 Å². The first-order valence-corrected chi connectivity index (χ1v) is 22.9. The molecule has 3 aromatic rings. The van der Waals surface area contributed by atoms with Crippen LogP contribution in [-0.4, -0.2) is 106 Å². The third kappa shape index (κ3) is 10.8. The van der Waals surface area contributed by atoms with Crippen LogP contribution in [0.15, 0.2) is 18.2 Å². The summed E-state index contributed by atoms with van der Waals surface area (Å²) < 4.78 is 40.0. The third-order valence-electron chi connectivity index (χ3n) is 12.0. The van der Waals surface area contributed by atoms with Crippen LogP contribution >= 0.6 is 11.8 Å². The fourth-order valence-electron chi connectivity index (χ4n) is 8.77. The van der Waals surface area contributed by atoms with Gasteiger partial charge < -0.3 is 43.1 Å². The Bertz CT molecular complexity index is 2560. The van der Waals surface area contributed by atoms with Gasteiger partial charge in [-0.2, -0.15) is 0 Å². The molecule has 8 bridgehead atoms. The van der Waals surface area contributed by atoms with Gasteiger partial charge in [-0.3, -0.25) is 24.2 Å². The van der Waals surface area contributed by atoms with E-state index in [-0.39, 0.29) is 18.6 Å². The summed E-state index contributed by atoms with van der Waals surface area (Å²) in [6.45, 7) is 19.2. The minimum atomic E-state index is -1.23. The average molecular weight is 917 g/mol. The molecule has 0 amide bonds. The average Bonchev–Trinajstić information content (AvgIpc) is 3.95. The Kier molecular flexibility index (Phi) is 15.6. The highest BCUT2D eigenvalue weighted by Gasteiger charge is 2.52. The number of thioether (sulfide) groups is 1. The topological polar surface area (TPSA) is 207 Å². The lowest BCUT2D eigenvalue weighted by molar-refractivity contribution is -0.237. The van der Waals surface area contributed by atoms with Crippen molar-refractivity contribution in [1.29, 1.82) is 0 Å². The van der Waals surface area contributed by atoms with E-state index in [2.05, 4.69) is 49.8 Å². The van der Waals surface area contributed by atoms with Gasteiger partial charge in [-0.05, 0) is 106 Å². The van der Waals surface area contributed by atoms with E-state index in [1.807, 2.05) is 26.8 Å². The summed E-state index contributed by atoms with van der Waals surface area (Å²) >= 11 is 1.31. The number of rotatable bonds is 14. The molecular weight excluding hydrogens is 857 g/mol. The van der Waals surface area contributed by atoms with Crippen molar-refractivity contribution in [2.24, 2.45) is 0 Å². The molecule has 1 saturated heterocycles. The third-order valence-corrected chi connectivity index (χ3v) is 13.2. The molecule has 17 heteroatoms. The van der Waals surface area contributed by atoms with Crippen molar-refractivity contribution >= 4 is 74.8 Å². The van der Waals surface area contributed by atoms with Crippen LogP contribution in [0.5, 0.6) is 0 Å². The van der Waals surface area contributed by atoms with E-state index in [0.717, 1.165) is 73.3 Å². The lowest BCUT2D eigenvalue weighted by Crippen LogP contribution is -2.61. The zero-order valence-corrected chi connectivity index (χ0v) is 40.0. The van der Waals surface area contributed by atoms with E-state index in [1.54, 1.807) is 0 Å². The zero-order valence-electron chi connectivity index (χ0n) is 39.2. The summed E-state index contributed by atoms with van der Waals surface area (Å²) in [6.07, 6.45) is -2.96. The second-order valence-electron chi connectivity index (χ2n) is 16.7. The fraction of sp³-hybridized carbons (Fsp3) is 0.521. The monoisotopic (exact) mass is 916 g/mol. The molecule has 3 aliphatic heterocycles. The summed E-state index contributed by atoms with van der Waals surface area (Å²) in [7, 11) is 1.39. The molecule has 0 aromatic carbocycles. The van der Waals surface area contributed by atoms with Gasteiger partial charge in [0.05, 0.1) is 30.2 Å². The molecule has 0 radical (unpaired) electrons. The number of carbonyl (C=O) groups excluding carboxylic acids is 5. The Morgan fingerprint density at radius 1 is 0.815 bits per heavy atom. The largest absolute Gasteiger partial charge is 0.465 e. The molecule has 3 aliphatic rings. The highest BCUT2D eigenvalue weighted by atomic mass is 32.2. The summed E-state index contributed by atoms with van der Waals surface area (Å²) in [5.41, 5.74) is 12.0. The van der Waals surface area contributed by atoms with Crippen molar-refractivity contribution < 1.29 is 57.1 Å². The molecule has 3 aromatic heterocycles. The van der Waals surface area contributed by atoms with Crippen LogP contribution < -0.4 is 0 Å². The normalized spacial score (nSPS) is 21.1. The fourth-order valence-corrected chi connectivity index (χ4v) is 9.91. The molecule has 7 atom stereocenters. The Balaban J connectivity index is 1.33. The first kappa shape index (κ1) is 48.9. The minimum absolute atomic E-state index is 0.103. The van der Waals surface area contributed by atoms with Gasteiger partial charge in [-0.25, -0.2) is 9.78 Å². The van der Waals surface area contributed by atoms with E-state index in [9.17, 15) is 24.0 Å². The Labute approximate surface area is 382 Å². The van der Waals surface area contributed by atoms with E-state index in [4.69, 9.17) is 43.1 Å². The number of allylic oxidation sites excluding steroid dienone is 1. The molecule has 1 unspecified atom stereocenters. The number of carbonyl (C=O) groups is 5. The summed E-state index contributed by atoms with van der Waals surface area (Å²) in [5.74, 6) is -2.47. The lowest BCUT2D eigenvalue weighted by Gasteiger charge is -2.44. The first-order chi connectivity index (χ1) is 30.8.